The van der Waals surface area contributed by atoms with Crippen LogP contribution in [0.5, 0.6) is 0 Å². The van der Waals surface area contributed by atoms with Crippen LogP contribution in [-0.2, 0) is 15.0 Å². The molecule has 4 heteroatoms. The zero-order chi connectivity index (χ0) is 15.3. The maximum Gasteiger partial charge on any atom is 0.314 e. The molecule has 20 heavy (non-hydrogen) atoms. The van der Waals surface area contributed by atoms with E-state index in [4.69, 9.17) is 0 Å². The number of rotatable bonds is 6. The minimum Gasteiger partial charge on any atom is -0.481 e. The first-order chi connectivity index (χ1) is 9.32. The van der Waals surface area contributed by atoms with Crippen molar-refractivity contribution in [1.29, 1.82) is 0 Å². The molecule has 0 aliphatic heterocycles. The summed E-state index contributed by atoms with van der Waals surface area (Å²) in [4.78, 5) is 25.6. The molecule has 0 saturated carbocycles. The number of carboxylic acid groups (broad SMARTS) is 1. The summed E-state index contributed by atoms with van der Waals surface area (Å²) in [5, 5.41) is 9.54. The molecule has 110 valence electrons. The highest BCUT2D eigenvalue weighted by molar-refractivity contribution is 5.89. The van der Waals surface area contributed by atoms with Crippen molar-refractivity contribution in [3.63, 3.8) is 0 Å². The number of amides is 1. The molecule has 0 bridgehead atoms. The second-order valence-electron chi connectivity index (χ2n) is 5.44. The van der Waals surface area contributed by atoms with Crippen LogP contribution in [-0.4, -0.2) is 35.0 Å². The molecule has 0 fully saturated rings. The van der Waals surface area contributed by atoms with Crippen LogP contribution < -0.4 is 0 Å². The maximum absolute atomic E-state index is 12.3. The van der Waals surface area contributed by atoms with E-state index in [-0.39, 0.29) is 18.4 Å². The zero-order valence-corrected chi connectivity index (χ0v) is 12.6. The fourth-order valence-electron chi connectivity index (χ4n) is 2.05. The molecule has 0 radical (unpaired) electrons. The normalized spacial score (nSPS) is 15.2. The summed E-state index contributed by atoms with van der Waals surface area (Å²) in [6.07, 6.45) is 0.810. The Kier molecular flexibility index (Phi) is 5.31. The standard InChI is InChI=1S/C16H23NO3/c1-5-12(2)17(4)14(18)11-16(3,15(19)20)13-9-7-6-8-10-13/h6-10,12H,5,11H2,1-4H3,(H,19,20). The third kappa shape index (κ3) is 3.38. The Morgan fingerprint density at radius 1 is 1.30 bits per heavy atom. The number of carboxylic acids is 1. The Morgan fingerprint density at radius 3 is 2.30 bits per heavy atom. The molecule has 0 aliphatic carbocycles. The number of nitrogens with zero attached hydrogens (tertiary/aromatic N) is 1. The van der Waals surface area contributed by atoms with Crippen LogP contribution in [0.15, 0.2) is 30.3 Å². The molecule has 4 nitrogen and oxygen atoms in total. The average Bonchev–Trinajstić information content (AvgIpc) is 2.46. The Balaban J connectivity index is 3.00. The van der Waals surface area contributed by atoms with Gasteiger partial charge in [-0.05, 0) is 25.8 Å². The van der Waals surface area contributed by atoms with Gasteiger partial charge in [0.05, 0.1) is 5.41 Å². The Hall–Kier alpha value is -1.84. The molecular formula is C16H23NO3. The van der Waals surface area contributed by atoms with Gasteiger partial charge in [0.1, 0.15) is 0 Å². The number of aliphatic carboxylic acids is 1. The lowest BCUT2D eigenvalue weighted by Crippen LogP contribution is -2.42. The fourth-order valence-corrected chi connectivity index (χ4v) is 2.05. The minimum absolute atomic E-state index is 0.0345. The van der Waals surface area contributed by atoms with Crippen LogP contribution in [0, 0.1) is 0 Å². The van der Waals surface area contributed by atoms with Crippen molar-refractivity contribution >= 4 is 11.9 Å². The number of carbonyl (C=O) groups is 2. The molecule has 1 amide bonds. The van der Waals surface area contributed by atoms with Gasteiger partial charge >= 0.3 is 5.97 Å². The topological polar surface area (TPSA) is 57.6 Å². The maximum atomic E-state index is 12.3. The molecule has 0 aromatic heterocycles. The van der Waals surface area contributed by atoms with Crippen LogP contribution in [0.25, 0.3) is 0 Å². The van der Waals surface area contributed by atoms with E-state index in [1.807, 2.05) is 19.9 Å². The highest BCUT2D eigenvalue weighted by atomic mass is 16.4. The van der Waals surface area contributed by atoms with Crippen LogP contribution >= 0.6 is 0 Å². The lowest BCUT2D eigenvalue weighted by Gasteiger charge is -2.30. The second-order valence-corrected chi connectivity index (χ2v) is 5.44. The number of carbonyl (C=O) groups excluding carboxylic acids is 1. The molecule has 0 aliphatic rings. The van der Waals surface area contributed by atoms with E-state index in [0.29, 0.717) is 5.56 Å². The van der Waals surface area contributed by atoms with Gasteiger partial charge in [-0.2, -0.15) is 0 Å². The van der Waals surface area contributed by atoms with Crippen molar-refractivity contribution in [2.75, 3.05) is 7.05 Å². The Morgan fingerprint density at radius 2 is 1.85 bits per heavy atom. The molecule has 0 spiro atoms. The lowest BCUT2D eigenvalue weighted by molar-refractivity contribution is -0.147. The third-order valence-corrected chi connectivity index (χ3v) is 4.03. The predicted molar refractivity (Wildman–Crippen MR) is 78.6 cm³/mol. The smallest absolute Gasteiger partial charge is 0.314 e. The van der Waals surface area contributed by atoms with Crippen molar-refractivity contribution in [1.82, 2.24) is 4.90 Å². The average molecular weight is 277 g/mol. The van der Waals surface area contributed by atoms with Crippen molar-refractivity contribution in [2.45, 2.75) is 45.1 Å². The largest absolute Gasteiger partial charge is 0.481 e. The summed E-state index contributed by atoms with van der Waals surface area (Å²) in [5.41, 5.74) is -0.543. The van der Waals surface area contributed by atoms with Gasteiger partial charge in [0.2, 0.25) is 5.91 Å². The van der Waals surface area contributed by atoms with E-state index in [9.17, 15) is 14.7 Å². The van der Waals surface area contributed by atoms with Gasteiger partial charge in [-0.25, -0.2) is 0 Å². The van der Waals surface area contributed by atoms with Gasteiger partial charge in [-0.3, -0.25) is 9.59 Å². The molecule has 1 aromatic rings. The number of hydrogen-bond acceptors (Lipinski definition) is 2. The van der Waals surface area contributed by atoms with E-state index in [2.05, 4.69) is 0 Å². The number of benzene rings is 1. The summed E-state index contributed by atoms with van der Waals surface area (Å²) < 4.78 is 0. The third-order valence-electron chi connectivity index (χ3n) is 4.03. The summed E-state index contributed by atoms with van der Waals surface area (Å²) in [5.74, 6) is -1.12. The van der Waals surface area contributed by atoms with Crippen molar-refractivity contribution in [3.8, 4) is 0 Å². The van der Waals surface area contributed by atoms with Crippen LogP contribution in [0.3, 0.4) is 0 Å². The SMILES string of the molecule is CCC(C)N(C)C(=O)CC(C)(C(=O)O)c1ccccc1. The van der Waals surface area contributed by atoms with E-state index < -0.39 is 11.4 Å². The highest BCUT2D eigenvalue weighted by Gasteiger charge is 2.38. The van der Waals surface area contributed by atoms with Crippen LogP contribution in [0.1, 0.15) is 39.2 Å². The van der Waals surface area contributed by atoms with Crippen molar-refractivity contribution < 1.29 is 14.7 Å². The Labute approximate surface area is 120 Å². The molecule has 1 aromatic carbocycles. The minimum atomic E-state index is -1.19. The zero-order valence-electron chi connectivity index (χ0n) is 12.6. The van der Waals surface area contributed by atoms with E-state index in [1.54, 1.807) is 43.1 Å². The molecular weight excluding hydrogens is 254 g/mol. The van der Waals surface area contributed by atoms with Gasteiger partial charge in [-0.15, -0.1) is 0 Å². The quantitative estimate of drug-likeness (QED) is 0.869. The summed E-state index contributed by atoms with van der Waals surface area (Å²) in [6.45, 7) is 5.56. The fraction of sp³-hybridized carbons (Fsp3) is 0.500. The van der Waals surface area contributed by atoms with E-state index in [0.717, 1.165) is 6.42 Å². The van der Waals surface area contributed by atoms with Gasteiger partial charge in [0.25, 0.3) is 0 Å². The van der Waals surface area contributed by atoms with E-state index >= 15 is 0 Å². The first kappa shape index (κ1) is 16.2. The first-order valence-electron chi connectivity index (χ1n) is 6.87. The van der Waals surface area contributed by atoms with Crippen molar-refractivity contribution in [2.24, 2.45) is 0 Å². The number of hydrogen-bond donors (Lipinski definition) is 1. The summed E-state index contributed by atoms with van der Waals surface area (Å²) in [6, 6.07) is 9.03. The lowest BCUT2D eigenvalue weighted by atomic mass is 9.79. The van der Waals surface area contributed by atoms with Crippen LogP contribution in [0.4, 0.5) is 0 Å². The molecule has 2 unspecified atom stereocenters. The molecule has 1 N–H and O–H groups in total. The van der Waals surface area contributed by atoms with Crippen LogP contribution in [0.2, 0.25) is 0 Å². The molecule has 0 heterocycles. The predicted octanol–water partition coefficient (Wildman–Crippen LogP) is 2.68. The van der Waals surface area contributed by atoms with Gasteiger partial charge < -0.3 is 10.0 Å². The van der Waals surface area contributed by atoms with Gasteiger partial charge in [0, 0.05) is 19.5 Å². The van der Waals surface area contributed by atoms with Crippen molar-refractivity contribution in [3.05, 3.63) is 35.9 Å². The van der Waals surface area contributed by atoms with Gasteiger partial charge in [0.15, 0.2) is 0 Å². The monoisotopic (exact) mass is 277 g/mol. The molecule has 1 rings (SSSR count). The summed E-state index contributed by atoms with van der Waals surface area (Å²) >= 11 is 0. The summed E-state index contributed by atoms with van der Waals surface area (Å²) in [7, 11) is 1.73. The molecule has 2 atom stereocenters. The molecule has 0 saturated heterocycles. The van der Waals surface area contributed by atoms with E-state index in [1.165, 1.54) is 0 Å². The van der Waals surface area contributed by atoms with Gasteiger partial charge in [-0.1, -0.05) is 37.3 Å². The Bertz CT molecular complexity index is 472. The first-order valence-corrected chi connectivity index (χ1v) is 6.87. The highest BCUT2D eigenvalue weighted by Crippen LogP contribution is 2.29. The second kappa shape index (κ2) is 6.55.